The van der Waals surface area contributed by atoms with Crippen LogP contribution in [-0.2, 0) is 12.0 Å². The van der Waals surface area contributed by atoms with Gasteiger partial charge in [-0.05, 0) is 13.1 Å². The predicted molar refractivity (Wildman–Crippen MR) is 103 cm³/mol. The quantitative estimate of drug-likeness (QED) is 0.486. The first-order valence-electron chi connectivity index (χ1n) is 7.72. The molecule has 3 aromatic heterocycles. The molecule has 0 unspecified atom stereocenters. The number of alkyl halides is 1. The van der Waals surface area contributed by atoms with E-state index in [0.717, 1.165) is 32.3 Å². The summed E-state index contributed by atoms with van der Waals surface area (Å²) >= 11 is 3.01. The summed E-state index contributed by atoms with van der Waals surface area (Å²) in [4.78, 5) is 14.7. The topological polar surface area (TPSA) is 75.1 Å². The van der Waals surface area contributed by atoms with Crippen molar-refractivity contribution in [2.24, 2.45) is 5.10 Å². The average Bonchev–Trinajstić information content (AvgIpc) is 3.23. The summed E-state index contributed by atoms with van der Waals surface area (Å²) in [5.74, 6) is 0.602. The Morgan fingerprint density at radius 1 is 1.36 bits per heavy atom. The smallest absolute Gasteiger partial charge is 0.158 e. The van der Waals surface area contributed by atoms with Crippen molar-refractivity contribution in [1.29, 1.82) is 0 Å². The lowest BCUT2D eigenvalue weighted by Crippen LogP contribution is -2.17. The maximum Gasteiger partial charge on any atom is 0.158 e. The van der Waals surface area contributed by atoms with Gasteiger partial charge in [-0.1, -0.05) is 13.8 Å². The predicted octanol–water partition coefficient (Wildman–Crippen LogP) is 3.56. The number of hydrogen-bond acceptors (Lipinski definition) is 8. The Balaban J connectivity index is 1.80. The number of thiazole rings is 1. The second-order valence-corrected chi connectivity index (χ2v) is 8.07. The number of hydrogen-bond donors (Lipinski definition) is 2. The van der Waals surface area contributed by atoms with E-state index in [1.54, 1.807) is 6.21 Å². The van der Waals surface area contributed by atoms with Gasteiger partial charge in [-0.3, -0.25) is 9.82 Å². The Hall–Kier alpha value is -1.97. The Bertz CT molecular complexity index is 886. The van der Waals surface area contributed by atoms with Gasteiger partial charge in [-0.25, -0.2) is 15.0 Å². The van der Waals surface area contributed by atoms with E-state index in [1.807, 2.05) is 32.3 Å². The first kappa shape index (κ1) is 17.8. The zero-order valence-corrected chi connectivity index (χ0v) is 15.8. The number of fused-ring (bicyclic) bond motifs is 1. The largest absolute Gasteiger partial charge is 0.314 e. The number of thiophene rings is 1. The van der Waals surface area contributed by atoms with Crippen LogP contribution in [0.1, 0.15) is 29.4 Å². The van der Waals surface area contributed by atoms with Crippen molar-refractivity contribution in [2.75, 3.05) is 19.1 Å². The molecule has 132 valence electrons. The second kappa shape index (κ2) is 7.51. The zero-order valence-electron chi connectivity index (χ0n) is 14.2. The van der Waals surface area contributed by atoms with Gasteiger partial charge in [0.15, 0.2) is 5.82 Å². The molecule has 0 bridgehead atoms. The third-order valence-corrected chi connectivity index (χ3v) is 5.84. The molecule has 0 saturated heterocycles. The summed E-state index contributed by atoms with van der Waals surface area (Å²) in [5.41, 5.74) is 3.39. The van der Waals surface area contributed by atoms with Crippen LogP contribution in [-0.4, -0.2) is 34.9 Å². The van der Waals surface area contributed by atoms with Crippen LogP contribution in [0.4, 0.5) is 10.2 Å². The number of rotatable bonds is 7. The van der Waals surface area contributed by atoms with E-state index in [9.17, 15) is 4.39 Å². The van der Waals surface area contributed by atoms with Gasteiger partial charge in [0.2, 0.25) is 0 Å². The molecular formula is C16H19FN6S2. The van der Waals surface area contributed by atoms with Gasteiger partial charge in [0.1, 0.15) is 16.2 Å². The molecule has 2 N–H and O–H groups in total. The van der Waals surface area contributed by atoms with Gasteiger partial charge in [0.25, 0.3) is 0 Å². The molecule has 0 aromatic carbocycles. The molecule has 0 atom stereocenters. The Morgan fingerprint density at radius 2 is 2.20 bits per heavy atom. The van der Waals surface area contributed by atoms with E-state index in [0.29, 0.717) is 5.82 Å². The highest BCUT2D eigenvalue weighted by molar-refractivity contribution is 7.18. The SMILES string of the molecule is CNCc1csc(/C=N/Nc2ncnc3sc(C(C)(C)CF)cc23)n1. The minimum atomic E-state index is -0.531. The van der Waals surface area contributed by atoms with E-state index in [-0.39, 0.29) is 0 Å². The van der Waals surface area contributed by atoms with Gasteiger partial charge in [0, 0.05) is 22.2 Å². The molecule has 25 heavy (non-hydrogen) atoms. The van der Waals surface area contributed by atoms with E-state index < -0.39 is 12.1 Å². The lowest BCUT2D eigenvalue weighted by Gasteiger charge is -2.17. The number of nitrogens with one attached hydrogen (secondary N) is 2. The lowest BCUT2D eigenvalue weighted by molar-refractivity contribution is 0.356. The standard InChI is InChI=1S/C16H19FN6S2/c1-16(2,8-17)12-4-11-14(19-9-20-15(11)25-12)23-21-6-13-22-10(5-18-3)7-24-13/h4,6-7,9,18H,5,8H2,1-3H3,(H,19,20,23)/b21-6+. The summed E-state index contributed by atoms with van der Waals surface area (Å²) in [6, 6.07) is 1.94. The normalized spacial score (nSPS) is 12.3. The molecular weight excluding hydrogens is 359 g/mol. The van der Waals surface area contributed by atoms with Crippen molar-refractivity contribution < 1.29 is 4.39 Å². The summed E-state index contributed by atoms with van der Waals surface area (Å²) in [6.45, 7) is 4.06. The van der Waals surface area contributed by atoms with Crippen LogP contribution in [0.3, 0.4) is 0 Å². The Labute approximate surface area is 153 Å². The van der Waals surface area contributed by atoms with Crippen molar-refractivity contribution in [3.8, 4) is 0 Å². The van der Waals surface area contributed by atoms with E-state index in [1.165, 1.54) is 29.0 Å². The molecule has 0 aliphatic rings. The zero-order chi connectivity index (χ0) is 17.9. The maximum absolute atomic E-state index is 13.3. The van der Waals surface area contributed by atoms with Crippen LogP contribution < -0.4 is 10.7 Å². The van der Waals surface area contributed by atoms with Crippen LogP contribution in [0.15, 0.2) is 22.9 Å². The molecule has 0 aliphatic carbocycles. The highest BCUT2D eigenvalue weighted by Gasteiger charge is 2.24. The number of nitrogens with zero attached hydrogens (tertiary/aromatic N) is 4. The molecule has 0 fully saturated rings. The van der Waals surface area contributed by atoms with Gasteiger partial charge in [-0.2, -0.15) is 5.10 Å². The van der Waals surface area contributed by atoms with Crippen LogP contribution in [0.25, 0.3) is 10.2 Å². The van der Waals surface area contributed by atoms with Crippen LogP contribution in [0, 0.1) is 0 Å². The Kier molecular flexibility index (Phi) is 5.36. The second-order valence-electron chi connectivity index (χ2n) is 6.15. The van der Waals surface area contributed by atoms with Gasteiger partial charge < -0.3 is 5.32 Å². The first-order valence-corrected chi connectivity index (χ1v) is 9.42. The third-order valence-electron chi connectivity index (χ3n) is 3.60. The number of aromatic nitrogens is 3. The van der Waals surface area contributed by atoms with Crippen molar-refractivity contribution >= 4 is 44.9 Å². The molecule has 6 nitrogen and oxygen atoms in total. The Morgan fingerprint density at radius 3 is 2.96 bits per heavy atom. The monoisotopic (exact) mass is 378 g/mol. The highest BCUT2D eigenvalue weighted by Crippen LogP contribution is 2.36. The van der Waals surface area contributed by atoms with Gasteiger partial charge in [0.05, 0.1) is 24.0 Å². The summed E-state index contributed by atoms with van der Waals surface area (Å²) in [7, 11) is 1.88. The van der Waals surface area contributed by atoms with E-state index in [4.69, 9.17) is 0 Å². The fourth-order valence-electron chi connectivity index (χ4n) is 2.14. The fraction of sp³-hybridized carbons (Fsp3) is 0.375. The molecule has 0 spiro atoms. The van der Waals surface area contributed by atoms with Crippen molar-refractivity contribution in [3.63, 3.8) is 0 Å². The molecule has 3 aromatic rings. The van der Waals surface area contributed by atoms with E-state index in [2.05, 4.69) is 30.8 Å². The van der Waals surface area contributed by atoms with Crippen LogP contribution in [0.2, 0.25) is 0 Å². The average molecular weight is 379 g/mol. The number of halogens is 1. The van der Waals surface area contributed by atoms with E-state index >= 15 is 0 Å². The minimum Gasteiger partial charge on any atom is -0.314 e. The maximum atomic E-state index is 13.3. The van der Waals surface area contributed by atoms with Crippen LogP contribution in [0.5, 0.6) is 0 Å². The van der Waals surface area contributed by atoms with Gasteiger partial charge >= 0.3 is 0 Å². The molecule has 3 heterocycles. The number of hydrazone groups is 1. The van der Waals surface area contributed by atoms with Gasteiger partial charge in [-0.15, -0.1) is 22.7 Å². The molecule has 0 amide bonds. The highest BCUT2D eigenvalue weighted by atomic mass is 32.1. The molecule has 0 aliphatic heterocycles. The number of anilines is 1. The first-order chi connectivity index (χ1) is 12.0. The van der Waals surface area contributed by atoms with Crippen molar-refractivity contribution in [1.82, 2.24) is 20.3 Å². The summed E-state index contributed by atoms with van der Waals surface area (Å²) in [6.07, 6.45) is 3.15. The summed E-state index contributed by atoms with van der Waals surface area (Å²) < 4.78 is 13.3. The minimum absolute atomic E-state index is 0.423. The molecule has 0 radical (unpaired) electrons. The van der Waals surface area contributed by atoms with Crippen LogP contribution >= 0.6 is 22.7 Å². The fourth-order valence-corrected chi connectivity index (χ4v) is 3.89. The lowest BCUT2D eigenvalue weighted by atomic mass is 9.93. The molecule has 3 rings (SSSR count). The molecule has 9 heteroatoms. The third kappa shape index (κ3) is 4.00. The van der Waals surface area contributed by atoms with Crippen molar-refractivity contribution in [2.45, 2.75) is 25.8 Å². The van der Waals surface area contributed by atoms with Crippen molar-refractivity contribution in [3.05, 3.63) is 33.4 Å². The molecule has 0 saturated carbocycles. The summed E-state index contributed by atoms with van der Waals surface area (Å²) in [5, 5.41) is 10.9.